The lowest BCUT2D eigenvalue weighted by Gasteiger charge is -2.43. The average Bonchev–Trinajstić information content (AvgIpc) is 4.24. The fourth-order valence-electron chi connectivity index (χ4n) is 11.5. The van der Waals surface area contributed by atoms with Crippen molar-refractivity contribution in [3.63, 3.8) is 0 Å². The monoisotopic (exact) mass is 1110 g/mol. The van der Waals surface area contributed by atoms with Crippen molar-refractivity contribution in [2.75, 3.05) is 68.2 Å². The number of piperidine rings is 1. The van der Waals surface area contributed by atoms with Crippen molar-refractivity contribution in [1.82, 2.24) is 35.5 Å². The second kappa shape index (κ2) is 24.2. The third-order valence-corrected chi connectivity index (χ3v) is 16.1. The molecule has 4 saturated heterocycles. The van der Waals surface area contributed by atoms with E-state index in [4.69, 9.17) is 44.3 Å². The van der Waals surface area contributed by atoms with Crippen LogP contribution in [0.25, 0.3) is 11.3 Å². The molecule has 420 valence electrons. The molecular weight excluding hydrogens is 1040 g/mol. The number of rotatable bonds is 21. The summed E-state index contributed by atoms with van der Waals surface area (Å²) in [7, 11) is -4.71. The van der Waals surface area contributed by atoms with Gasteiger partial charge in [-0.1, -0.05) is 38.1 Å². The van der Waals surface area contributed by atoms with Crippen LogP contribution >= 0.6 is 7.82 Å². The number of piperazine rings is 1. The number of likely N-dealkylation sites (tertiary alicyclic amines) is 2. The molecule has 0 radical (unpaired) electrons. The smallest absolute Gasteiger partial charge is 0.472 e. The van der Waals surface area contributed by atoms with Gasteiger partial charge in [0.1, 0.15) is 30.4 Å². The Morgan fingerprint density at radius 3 is 2.37 bits per heavy atom. The summed E-state index contributed by atoms with van der Waals surface area (Å²) in [5, 5.41) is 35.5. The zero-order valence-electron chi connectivity index (χ0n) is 44.5. The van der Waals surface area contributed by atoms with Crippen molar-refractivity contribution >= 4 is 36.8 Å². The number of phosphoric acid groups is 1. The third kappa shape index (κ3) is 13.2. The van der Waals surface area contributed by atoms with Crippen LogP contribution in [0.2, 0.25) is 0 Å². The number of aromatic nitrogens is 4. The lowest BCUT2D eigenvalue weighted by molar-refractivity contribution is -0.141. The summed E-state index contributed by atoms with van der Waals surface area (Å²) in [4.78, 5) is 58.9. The number of benzene rings is 2. The van der Waals surface area contributed by atoms with E-state index in [1.165, 1.54) is 4.90 Å². The minimum atomic E-state index is -4.71. The van der Waals surface area contributed by atoms with Gasteiger partial charge in [0.15, 0.2) is 18.4 Å². The highest BCUT2D eigenvalue weighted by Gasteiger charge is 2.45. The van der Waals surface area contributed by atoms with E-state index in [0.29, 0.717) is 66.3 Å². The molecule has 6 N–H and O–H groups in total. The number of aliphatic hydroxyl groups is 1. The quantitative estimate of drug-likeness (QED) is 0.0458. The zero-order chi connectivity index (χ0) is 55.4. The van der Waals surface area contributed by atoms with E-state index >= 15 is 0 Å². The number of amides is 2. The first kappa shape index (κ1) is 55.4. The van der Waals surface area contributed by atoms with Gasteiger partial charge in [-0.3, -0.25) is 14.5 Å². The number of ether oxygens (including phenoxy) is 4. The number of para-hydroxylation sites is 1. The van der Waals surface area contributed by atoms with E-state index in [0.717, 1.165) is 68.6 Å². The largest absolute Gasteiger partial charge is 0.474 e. The van der Waals surface area contributed by atoms with Gasteiger partial charge in [-0.05, 0) is 85.6 Å². The van der Waals surface area contributed by atoms with Gasteiger partial charge in [-0.2, -0.15) is 5.26 Å². The topological polar surface area (TPSA) is 298 Å². The van der Waals surface area contributed by atoms with Crippen molar-refractivity contribution < 1.29 is 57.0 Å². The van der Waals surface area contributed by atoms with E-state index in [9.17, 15) is 19.3 Å². The molecule has 24 heteroatoms. The van der Waals surface area contributed by atoms with Gasteiger partial charge in [-0.15, -0.1) is 10.2 Å². The van der Waals surface area contributed by atoms with E-state index < -0.39 is 32.7 Å². The molecule has 2 amide bonds. The minimum Gasteiger partial charge on any atom is -0.474 e. The van der Waals surface area contributed by atoms with E-state index in [2.05, 4.69) is 50.9 Å². The standard InChI is InChI=1S/C55H68N11O12P/c1-33(2)52(55(69)65-31-40(67)23-47(65)54(68)59-34(3)36-10-8-35(28-56)9-11-36)49-27-51(62-78-49)73-21-20-63-18-15-41(16-19-63)76-42-24-43(25-42)77-50-22-37(14-17-58-50)66-38-12-13-39(66)30-64(29-38)46-26-45(60-61-53(46)57)44-6-4-5-7-48(44)74-32-75-79(70,71)72/h4-11,14,17,22,26-27,33-34,38-43,47,52,67H,12-13,15-16,18-21,23-25,29-32H2,1-3H3,(H2,57,61)(H,59,68)(H2,70,71,72)/t34-,38+,39+,40+,42?,43?,47-,52+/m0/s1. The number of carbonyl (C=O) groups excluding carboxylic acids is 2. The van der Waals surface area contributed by atoms with Gasteiger partial charge in [0.05, 0.1) is 47.4 Å². The molecule has 5 fully saturated rings. The molecule has 2 bridgehead atoms. The van der Waals surface area contributed by atoms with Crippen LogP contribution in [0, 0.1) is 17.2 Å². The van der Waals surface area contributed by atoms with Crippen molar-refractivity contribution in [2.24, 2.45) is 5.92 Å². The highest BCUT2D eigenvalue weighted by molar-refractivity contribution is 7.46. The lowest BCUT2D eigenvalue weighted by Crippen LogP contribution is -2.54. The number of nitrogens with zero attached hydrogens (tertiary/aromatic N) is 9. The number of nitrogens with two attached hydrogens (primary N) is 1. The Balaban J connectivity index is 0.645. The number of hydrogen-bond acceptors (Lipinski definition) is 19. The van der Waals surface area contributed by atoms with Gasteiger partial charge < -0.3 is 64.1 Å². The number of anilines is 3. The van der Waals surface area contributed by atoms with Crippen LogP contribution in [-0.2, 0) is 23.4 Å². The van der Waals surface area contributed by atoms with Crippen molar-refractivity contribution in [3.8, 4) is 34.8 Å². The third-order valence-electron chi connectivity index (χ3n) is 15.7. The molecule has 5 aliphatic rings. The van der Waals surface area contributed by atoms with Gasteiger partial charge >= 0.3 is 7.82 Å². The Bertz CT molecular complexity index is 3000. The molecule has 0 spiro atoms. The Morgan fingerprint density at radius 1 is 0.899 bits per heavy atom. The SMILES string of the molecule is CC(C)[C@@H](C(=O)N1C[C@H](O)C[C@H]1C(=O)N[C@@H](C)c1ccc(C#N)cc1)c1cc(OCCN2CCC(OC3CC(Oc4cc(N5[C@@H]6CC[C@@H]5CN(c5cc(-c7ccccc7OCOP(=O)(O)O)nnc5N)C6)ccn4)C3)CC2)no1. The maximum atomic E-state index is 14.1. The molecular formula is C55H68N11O12P. The first-order valence-electron chi connectivity index (χ1n) is 27.0. The van der Waals surface area contributed by atoms with E-state index in [-0.39, 0.29) is 73.0 Å². The van der Waals surface area contributed by atoms with Gasteiger partial charge in [0, 0.05) is 100 Å². The minimum absolute atomic E-state index is 0.0162. The first-order chi connectivity index (χ1) is 38.0. The molecule has 1 saturated carbocycles. The van der Waals surface area contributed by atoms with Crippen molar-refractivity contribution in [1.29, 1.82) is 5.26 Å². The number of pyridine rings is 1. The summed E-state index contributed by atoms with van der Waals surface area (Å²) in [5.41, 5.74) is 10.7. The van der Waals surface area contributed by atoms with E-state index in [1.807, 2.05) is 51.2 Å². The summed E-state index contributed by atoms with van der Waals surface area (Å²) in [6, 6.07) is 22.8. The zero-order valence-corrected chi connectivity index (χ0v) is 45.3. The van der Waals surface area contributed by atoms with Crippen LogP contribution in [0.5, 0.6) is 17.5 Å². The van der Waals surface area contributed by atoms with Gasteiger partial charge in [0.2, 0.25) is 17.7 Å². The van der Waals surface area contributed by atoms with Crippen molar-refractivity contribution in [2.45, 2.75) is 120 Å². The average molecular weight is 1110 g/mol. The maximum Gasteiger partial charge on any atom is 0.472 e. The van der Waals surface area contributed by atoms with Crippen LogP contribution in [0.3, 0.4) is 0 Å². The number of nitrogen functional groups attached to an aromatic ring is 1. The summed E-state index contributed by atoms with van der Waals surface area (Å²) < 4.78 is 45.9. The number of fused-ring (bicyclic) bond motifs is 2. The molecule has 3 aromatic heterocycles. The number of β-amino-alcohol motifs (C(OH)–C–C–N with tert-alkyl or cyclic N) is 1. The van der Waals surface area contributed by atoms with Crippen LogP contribution in [0.1, 0.15) is 94.6 Å². The molecule has 5 aromatic rings. The van der Waals surface area contributed by atoms with Crippen LogP contribution in [0.15, 0.2) is 83.5 Å². The highest BCUT2D eigenvalue weighted by Crippen LogP contribution is 2.42. The molecule has 10 rings (SSSR count). The Hall–Kier alpha value is -6.90. The highest BCUT2D eigenvalue weighted by atomic mass is 31.2. The van der Waals surface area contributed by atoms with Gasteiger partial charge in [0.25, 0.3) is 5.88 Å². The summed E-state index contributed by atoms with van der Waals surface area (Å²) in [6.07, 6.45) is 6.78. The maximum absolute atomic E-state index is 14.1. The Morgan fingerprint density at radius 2 is 1.65 bits per heavy atom. The fourth-order valence-corrected chi connectivity index (χ4v) is 11.7. The Kier molecular flexibility index (Phi) is 17.0. The summed E-state index contributed by atoms with van der Waals surface area (Å²) in [6.45, 7) is 9.23. The molecule has 2 aromatic carbocycles. The number of nitrogens with one attached hydrogen (secondary N) is 1. The van der Waals surface area contributed by atoms with Crippen molar-refractivity contribution in [3.05, 3.63) is 95.9 Å². The fraction of sp³-hybridized carbons (Fsp3) is 0.509. The normalized spacial score (nSPS) is 23.2. The number of hydrogen-bond donors (Lipinski definition) is 5. The van der Waals surface area contributed by atoms with Crippen LogP contribution in [0.4, 0.5) is 17.2 Å². The summed E-state index contributed by atoms with van der Waals surface area (Å²) in [5.74, 6) is 0.200. The molecule has 4 aliphatic heterocycles. The Labute approximate surface area is 458 Å². The van der Waals surface area contributed by atoms with E-state index in [1.54, 1.807) is 48.5 Å². The number of phosphoric ester groups is 1. The van der Waals surface area contributed by atoms with Gasteiger partial charge in [-0.25, -0.2) is 14.1 Å². The number of aliphatic hydroxyl groups excluding tert-OH is 1. The number of carbonyl (C=O) groups is 2. The molecule has 7 heterocycles. The molecule has 79 heavy (non-hydrogen) atoms. The second-order valence-electron chi connectivity index (χ2n) is 21.4. The summed E-state index contributed by atoms with van der Waals surface area (Å²) >= 11 is 0. The molecule has 1 aliphatic carbocycles. The lowest BCUT2D eigenvalue weighted by atomic mass is 9.91. The second-order valence-corrected chi connectivity index (χ2v) is 22.7. The molecule has 6 atom stereocenters. The molecule has 0 unspecified atom stereocenters. The predicted octanol–water partition coefficient (Wildman–Crippen LogP) is 5.33. The first-order valence-corrected chi connectivity index (χ1v) is 28.6. The molecule has 23 nitrogen and oxygen atoms in total. The predicted molar refractivity (Wildman–Crippen MR) is 288 cm³/mol. The number of nitriles is 1. The van der Waals surface area contributed by atoms with Crippen LogP contribution < -0.4 is 35.1 Å². The van der Waals surface area contributed by atoms with Crippen LogP contribution in [-0.4, -0.2) is 152 Å².